The average molecular weight is 483 g/mol. The molecule has 0 saturated carbocycles. The number of aromatic nitrogens is 4. The van der Waals surface area contributed by atoms with Crippen molar-refractivity contribution in [1.29, 1.82) is 0 Å². The standard InChI is InChI=1S/C26H35FN6O2/c1-15(2)32-11-8-12-33-20(14-32)21(29-23(33)18-10-9-16(3)13-19(18)27)24(34)30-22(26(5,6)7)25-28-17(4)31-35-25/h9-10,13,15,22H,8,11-12,14H2,1-7H3,(H,30,34). The van der Waals surface area contributed by atoms with Crippen molar-refractivity contribution >= 4 is 5.91 Å². The second-order valence-corrected chi connectivity index (χ2v) is 10.7. The first-order valence-corrected chi connectivity index (χ1v) is 12.2. The van der Waals surface area contributed by atoms with Gasteiger partial charge < -0.3 is 14.4 Å². The number of halogens is 1. The molecule has 35 heavy (non-hydrogen) atoms. The van der Waals surface area contributed by atoms with E-state index >= 15 is 4.39 Å². The first-order valence-electron chi connectivity index (χ1n) is 12.2. The van der Waals surface area contributed by atoms with Gasteiger partial charge in [0.2, 0.25) is 5.89 Å². The second kappa shape index (κ2) is 9.53. The molecule has 1 atom stereocenters. The summed E-state index contributed by atoms with van der Waals surface area (Å²) in [5, 5.41) is 6.98. The minimum Gasteiger partial charge on any atom is -0.338 e. The molecule has 1 aromatic carbocycles. The van der Waals surface area contributed by atoms with E-state index in [1.165, 1.54) is 6.07 Å². The SMILES string of the molecule is Cc1ccc(-c2nc(C(=O)NC(c3nc(C)no3)C(C)(C)C)c3n2CCCN(C(C)C)C3)c(F)c1. The molecule has 0 saturated heterocycles. The maximum atomic E-state index is 15.0. The van der Waals surface area contributed by atoms with Gasteiger partial charge in [-0.2, -0.15) is 4.98 Å². The van der Waals surface area contributed by atoms with Crippen LogP contribution in [0.4, 0.5) is 4.39 Å². The summed E-state index contributed by atoms with van der Waals surface area (Å²) in [5.41, 5.74) is 1.94. The molecule has 0 aliphatic carbocycles. The number of hydrogen-bond acceptors (Lipinski definition) is 6. The summed E-state index contributed by atoms with van der Waals surface area (Å²) in [6.45, 7) is 16.0. The molecule has 9 heteroatoms. The van der Waals surface area contributed by atoms with Gasteiger partial charge in [-0.25, -0.2) is 9.37 Å². The Balaban J connectivity index is 1.80. The van der Waals surface area contributed by atoms with Crippen LogP contribution in [0.25, 0.3) is 11.4 Å². The molecule has 1 amide bonds. The van der Waals surface area contributed by atoms with Gasteiger partial charge in [0.05, 0.1) is 11.3 Å². The fourth-order valence-electron chi connectivity index (χ4n) is 4.50. The first-order chi connectivity index (χ1) is 16.5. The van der Waals surface area contributed by atoms with Gasteiger partial charge in [0.25, 0.3) is 5.91 Å². The van der Waals surface area contributed by atoms with E-state index < -0.39 is 6.04 Å². The zero-order valence-electron chi connectivity index (χ0n) is 21.6. The van der Waals surface area contributed by atoms with Gasteiger partial charge >= 0.3 is 0 Å². The second-order valence-electron chi connectivity index (χ2n) is 10.7. The summed E-state index contributed by atoms with van der Waals surface area (Å²) in [6.07, 6.45) is 0.884. The van der Waals surface area contributed by atoms with Crippen molar-refractivity contribution in [3.8, 4) is 11.4 Å². The fraction of sp³-hybridized carbons (Fsp3) is 0.538. The van der Waals surface area contributed by atoms with E-state index in [0.29, 0.717) is 47.9 Å². The van der Waals surface area contributed by atoms with Gasteiger partial charge in [0, 0.05) is 25.7 Å². The highest BCUT2D eigenvalue weighted by Crippen LogP contribution is 2.33. The van der Waals surface area contributed by atoms with Crippen LogP contribution in [-0.4, -0.2) is 43.1 Å². The number of amides is 1. The largest absolute Gasteiger partial charge is 0.338 e. The number of carbonyl (C=O) groups excluding carboxylic acids is 1. The van der Waals surface area contributed by atoms with Crippen molar-refractivity contribution in [2.45, 2.75) is 80.1 Å². The lowest BCUT2D eigenvalue weighted by Crippen LogP contribution is -2.38. The van der Waals surface area contributed by atoms with Crippen LogP contribution in [0.2, 0.25) is 0 Å². The van der Waals surface area contributed by atoms with Gasteiger partial charge in [0.1, 0.15) is 17.7 Å². The van der Waals surface area contributed by atoms with E-state index in [-0.39, 0.29) is 17.1 Å². The van der Waals surface area contributed by atoms with Crippen molar-refractivity contribution in [3.05, 3.63) is 52.7 Å². The molecule has 1 N–H and O–H groups in total. The Morgan fingerprint density at radius 1 is 1.17 bits per heavy atom. The van der Waals surface area contributed by atoms with Crippen LogP contribution in [0.5, 0.6) is 0 Å². The molecule has 1 aliphatic rings. The van der Waals surface area contributed by atoms with Crippen molar-refractivity contribution in [3.63, 3.8) is 0 Å². The predicted molar refractivity (Wildman–Crippen MR) is 131 cm³/mol. The Kier molecular flexibility index (Phi) is 6.81. The Bertz CT molecular complexity index is 1220. The lowest BCUT2D eigenvalue weighted by atomic mass is 9.86. The number of fused-ring (bicyclic) bond motifs is 1. The predicted octanol–water partition coefficient (Wildman–Crippen LogP) is 4.82. The molecule has 0 fully saturated rings. The van der Waals surface area contributed by atoms with Crippen molar-refractivity contribution < 1.29 is 13.7 Å². The third-order valence-electron chi connectivity index (χ3n) is 6.49. The topological polar surface area (TPSA) is 89.1 Å². The van der Waals surface area contributed by atoms with E-state index in [4.69, 9.17) is 9.51 Å². The van der Waals surface area contributed by atoms with Crippen molar-refractivity contribution in [2.75, 3.05) is 6.54 Å². The van der Waals surface area contributed by atoms with Gasteiger partial charge in [-0.1, -0.05) is 32.0 Å². The van der Waals surface area contributed by atoms with Gasteiger partial charge in [-0.05, 0) is 57.2 Å². The van der Waals surface area contributed by atoms with Gasteiger partial charge in [0.15, 0.2) is 11.5 Å². The molecular formula is C26H35FN6O2. The molecule has 1 unspecified atom stereocenters. The molecule has 0 bridgehead atoms. The number of aryl methyl sites for hydroxylation is 2. The molecule has 4 rings (SSSR count). The summed E-state index contributed by atoms with van der Waals surface area (Å²) in [5.74, 6) is 0.651. The van der Waals surface area contributed by atoms with E-state index in [9.17, 15) is 4.79 Å². The molecule has 188 valence electrons. The van der Waals surface area contributed by atoms with Crippen LogP contribution in [0.1, 0.15) is 80.5 Å². The van der Waals surface area contributed by atoms with E-state index in [1.807, 2.05) is 38.3 Å². The van der Waals surface area contributed by atoms with Crippen LogP contribution in [0.15, 0.2) is 22.7 Å². The smallest absolute Gasteiger partial charge is 0.272 e. The maximum Gasteiger partial charge on any atom is 0.272 e. The van der Waals surface area contributed by atoms with Crippen LogP contribution < -0.4 is 5.32 Å². The van der Waals surface area contributed by atoms with Crippen LogP contribution in [0.3, 0.4) is 0 Å². The first kappa shape index (κ1) is 25.0. The van der Waals surface area contributed by atoms with E-state index in [1.54, 1.807) is 13.0 Å². The highest BCUT2D eigenvalue weighted by Gasteiger charge is 2.35. The zero-order valence-corrected chi connectivity index (χ0v) is 21.6. The average Bonchev–Trinajstić information content (AvgIpc) is 3.26. The lowest BCUT2D eigenvalue weighted by molar-refractivity contribution is 0.0873. The van der Waals surface area contributed by atoms with Crippen LogP contribution in [-0.2, 0) is 13.1 Å². The number of benzene rings is 1. The van der Waals surface area contributed by atoms with Crippen LogP contribution >= 0.6 is 0 Å². The summed E-state index contributed by atoms with van der Waals surface area (Å²) >= 11 is 0. The van der Waals surface area contributed by atoms with Crippen molar-refractivity contribution in [2.24, 2.45) is 5.41 Å². The zero-order chi connectivity index (χ0) is 25.5. The Labute approximate surface area is 205 Å². The number of hydrogen-bond donors (Lipinski definition) is 1. The Hall–Kier alpha value is -3.07. The van der Waals surface area contributed by atoms with E-state index in [2.05, 4.69) is 34.2 Å². The molecule has 8 nitrogen and oxygen atoms in total. The summed E-state index contributed by atoms with van der Waals surface area (Å²) in [4.78, 5) is 25.2. The number of imidazole rings is 1. The number of nitrogens with zero attached hydrogens (tertiary/aromatic N) is 5. The van der Waals surface area contributed by atoms with Gasteiger partial charge in [-0.15, -0.1) is 0 Å². The quantitative estimate of drug-likeness (QED) is 0.561. The molecule has 0 spiro atoms. The fourth-order valence-corrected chi connectivity index (χ4v) is 4.50. The number of nitrogens with one attached hydrogen (secondary N) is 1. The summed E-state index contributed by atoms with van der Waals surface area (Å²) < 4.78 is 22.4. The van der Waals surface area contributed by atoms with Crippen LogP contribution in [0, 0.1) is 25.1 Å². The normalized spacial score (nSPS) is 15.7. The maximum absolute atomic E-state index is 15.0. The lowest BCUT2D eigenvalue weighted by Gasteiger charge is -2.28. The number of carbonyl (C=O) groups is 1. The molecular weight excluding hydrogens is 447 g/mol. The monoisotopic (exact) mass is 482 g/mol. The number of rotatable bonds is 5. The Morgan fingerprint density at radius 3 is 2.51 bits per heavy atom. The minimum atomic E-state index is -0.514. The third kappa shape index (κ3) is 5.15. The minimum absolute atomic E-state index is 0.301. The van der Waals surface area contributed by atoms with E-state index in [0.717, 1.165) is 24.2 Å². The summed E-state index contributed by atoms with van der Waals surface area (Å²) in [6, 6.07) is 4.90. The third-order valence-corrected chi connectivity index (χ3v) is 6.49. The molecule has 2 aromatic heterocycles. The molecule has 3 heterocycles. The summed E-state index contributed by atoms with van der Waals surface area (Å²) in [7, 11) is 0. The Morgan fingerprint density at radius 2 is 1.91 bits per heavy atom. The molecule has 1 aliphatic heterocycles. The van der Waals surface area contributed by atoms with Crippen molar-refractivity contribution in [1.82, 2.24) is 29.9 Å². The highest BCUT2D eigenvalue weighted by atomic mass is 19.1. The van der Waals surface area contributed by atoms with Gasteiger partial charge in [-0.3, -0.25) is 9.69 Å². The molecule has 0 radical (unpaired) electrons. The molecule has 3 aromatic rings. The highest BCUT2D eigenvalue weighted by molar-refractivity contribution is 5.94.